The highest BCUT2D eigenvalue weighted by Gasteiger charge is 2.35. The highest BCUT2D eigenvalue weighted by Crippen LogP contribution is 2.37. The molecular formula is C31H33N3O7S. The molecule has 1 aromatic heterocycles. The molecule has 0 N–H and O–H groups in total. The largest absolute Gasteiger partial charge is 0.497 e. The minimum atomic E-state index is -0.837. The monoisotopic (exact) mass is 591 g/mol. The Morgan fingerprint density at radius 2 is 1.76 bits per heavy atom. The Morgan fingerprint density at radius 1 is 1.05 bits per heavy atom. The molecule has 42 heavy (non-hydrogen) atoms. The van der Waals surface area contributed by atoms with Gasteiger partial charge in [-0.3, -0.25) is 14.2 Å². The number of ether oxygens (including phenoxy) is 4. The lowest BCUT2D eigenvalue weighted by atomic mass is 9.94. The zero-order chi connectivity index (χ0) is 29.8. The normalized spacial score (nSPS) is 16.6. The van der Waals surface area contributed by atoms with Gasteiger partial charge in [0.25, 0.3) is 11.5 Å². The first-order chi connectivity index (χ1) is 20.3. The number of thiazole rings is 1. The van der Waals surface area contributed by atoms with Crippen LogP contribution < -0.4 is 29.1 Å². The Balaban J connectivity index is 1.52. The molecule has 11 heteroatoms. The van der Waals surface area contributed by atoms with Crippen LogP contribution >= 0.6 is 11.3 Å². The second-order valence-electron chi connectivity index (χ2n) is 9.86. The van der Waals surface area contributed by atoms with Gasteiger partial charge in [-0.05, 0) is 68.7 Å². The summed E-state index contributed by atoms with van der Waals surface area (Å²) in [5.74, 6) is 1.04. The fourth-order valence-corrected chi connectivity index (χ4v) is 6.20. The van der Waals surface area contributed by atoms with E-state index in [2.05, 4.69) is 4.99 Å². The van der Waals surface area contributed by atoms with Gasteiger partial charge in [0.15, 0.2) is 11.4 Å². The van der Waals surface area contributed by atoms with Crippen LogP contribution in [0, 0.1) is 0 Å². The van der Waals surface area contributed by atoms with Crippen molar-refractivity contribution >= 4 is 29.3 Å². The third kappa shape index (κ3) is 5.82. The van der Waals surface area contributed by atoms with Crippen LogP contribution in [0.3, 0.4) is 0 Å². The van der Waals surface area contributed by atoms with E-state index in [4.69, 9.17) is 18.9 Å². The molecule has 0 aliphatic carbocycles. The van der Waals surface area contributed by atoms with Gasteiger partial charge in [0.05, 0.1) is 36.6 Å². The molecule has 0 bridgehead atoms. The molecule has 1 amide bonds. The summed E-state index contributed by atoms with van der Waals surface area (Å²) < 4.78 is 24.1. The van der Waals surface area contributed by atoms with Gasteiger partial charge in [-0.1, -0.05) is 23.5 Å². The number of aromatic nitrogens is 1. The highest BCUT2D eigenvalue weighted by molar-refractivity contribution is 7.07. The van der Waals surface area contributed by atoms with Gasteiger partial charge in [0.1, 0.15) is 23.3 Å². The first kappa shape index (κ1) is 29.1. The van der Waals surface area contributed by atoms with E-state index in [0.717, 1.165) is 31.5 Å². The summed E-state index contributed by atoms with van der Waals surface area (Å²) in [6.45, 7) is 5.19. The Bertz CT molecular complexity index is 1700. The minimum Gasteiger partial charge on any atom is -0.497 e. The van der Waals surface area contributed by atoms with Crippen LogP contribution in [-0.2, 0) is 14.3 Å². The van der Waals surface area contributed by atoms with E-state index in [1.807, 2.05) is 17.0 Å². The summed E-state index contributed by atoms with van der Waals surface area (Å²) >= 11 is 1.23. The van der Waals surface area contributed by atoms with Gasteiger partial charge >= 0.3 is 5.97 Å². The van der Waals surface area contributed by atoms with Crippen LogP contribution in [0.5, 0.6) is 17.2 Å². The smallest absolute Gasteiger partial charge is 0.338 e. The molecular weight excluding hydrogens is 558 g/mol. The number of benzene rings is 2. The third-order valence-electron chi connectivity index (χ3n) is 7.25. The maximum Gasteiger partial charge on any atom is 0.338 e. The average Bonchev–Trinajstić information content (AvgIpc) is 3.64. The maximum absolute atomic E-state index is 13.9. The first-order valence-electron chi connectivity index (χ1n) is 13.8. The van der Waals surface area contributed by atoms with Gasteiger partial charge in [-0.15, -0.1) is 0 Å². The molecule has 1 fully saturated rings. The van der Waals surface area contributed by atoms with Gasteiger partial charge < -0.3 is 23.8 Å². The molecule has 5 rings (SSSR count). The average molecular weight is 592 g/mol. The molecule has 2 aliphatic heterocycles. The van der Waals surface area contributed by atoms with Crippen LogP contribution in [0.2, 0.25) is 0 Å². The zero-order valence-corrected chi connectivity index (χ0v) is 24.9. The summed E-state index contributed by atoms with van der Waals surface area (Å²) in [6.07, 6.45) is 3.83. The molecule has 0 spiro atoms. The fraction of sp³-hybridized carbons (Fsp3) is 0.355. The lowest BCUT2D eigenvalue weighted by Crippen LogP contribution is -2.40. The number of allylic oxidation sites excluding steroid dienone is 1. The van der Waals surface area contributed by atoms with Gasteiger partial charge in [-0.2, -0.15) is 0 Å². The van der Waals surface area contributed by atoms with Crippen molar-refractivity contribution in [3.63, 3.8) is 0 Å². The summed E-state index contributed by atoms with van der Waals surface area (Å²) in [7, 11) is 3.08. The third-order valence-corrected chi connectivity index (χ3v) is 8.23. The zero-order valence-electron chi connectivity index (χ0n) is 24.0. The van der Waals surface area contributed by atoms with Crippen LogP contribution in [0.25, 0.3) is 6.08 Å². The predicted molar refractivity (Wildman–Crippen MR) is 158 cm³/mol. The molecule has 1 saturated heterocycles. The fourth-order valence-electron chi connectivity index (χ4n) is 5.15. The number of esters is 1. The second-order valence-corrected chi connectivity index (χ2v) is 10.9. The van der Waals surface area contributed by atoms with Gasteiger partial charge in [0.2, 0.25) is 0 Å². The van der Waals surface area contributed by atoms with Crippen molar-refractivity contribution in [1.82, 2.24) is 9.47 Å². The molecule has 2 aliphatic rings. The van der Waals surface area contributed by atoms with E-state index < -0.39 is 12.0 Å². The number of rotatable bonds is 9. The lowest BCUT2D eigenvalue weighted by Gasteiger charge is -2.26. The Kier molecular flexibility index (Phi) is 8.77. The quantitative estimate of drug-likeness (QED) is 0.352. The van der Waals surface area contributed by atoms with Crippen LogP contribution in [0.15, 0.2) is 63.5 Å². The number of likely N-dealkylation sites (tertiary alicyclic amines) is 1. The molecule has 3 heterocycles. The molecule has 1 atom stereocenters. The molecule has 220 valence electrons. The topological polar surface area (TPSA) is 109 Å². The Morgan fingerprint density at radius 3 is 2.43 bits per heavy atom. The minimum absolute atomic E-state index is 0.00612. The summed E-state index contributed by atoms with van der Waals surface area (Å²) in [4.78, 5) is 46.3. The highest BCUT2D eigenvalue weighted by atomic mass is 32.1. The number of amides is 1. The second kappa shape index (κ2) is 12.6. The van der Waals surface area contributed by atoms with E-state index in [-0.39, 0.29) is 30.3 Å². The number of fused-ring (bicyclic) bond motifs is 1. The molecule has 0 radical (unpaired) electrons. The van der Waals surface area contributed by atoms with Crippen molar-refractivity contribution in [2.24, 2.45) is 4.99 Å². The predicted octanol–water partition coefficient (Wildman–Crippen LogP) is 2.82. The van der Waals surface area contributed by atoms with E-state index >= 15 is 0 Å². The van der Waals surface area contributed by atoms with E-state index in [9.17, 15) is 14.4 Å². The first-order valence-corrected chi connectivity index (χ1v) is 14.6. The maximum atomic E-state index is 13.9. The van der Waals surface area contributed by atoms with Crippen LogP contribution in [0.4, 0.5) is 0 Å². The molecule has 0 saturated carbocycles. The number of hydrogen-bond donors (Lipinski definition) is 0. The summed E-state index contributed by atoms with van der Waals surface area (Å²) in [5, 5.41) is 0. The van der Waals surface area contributed by atoms with Crippen molar-refractivity contribution in [2.45, 2.75) is 32.7 Å². The molecule has 2 aromatic carbocycles. The van der Waals surface area contributed by atoms with Crippen molar-refractivity contribution in [2.75, 3.05) is 40.5 Å². The Labute approximate surface area is 247 Å². The number of carbonyl (C=O) groups excluding carboxylic acids is 2. The van der Waals surface area contributed by atoms with Crippen molar-refractivity contribution in [3.8, 4) is 17.2 Å². The Hall–Kier alpha value is -4.38. The molecule has 3 aromatic rings. The molecule has 10 nitrogen and oxygen atoms in total. The van der Waals surface area contributed by atoms with Gasteiger partial charge in [0, 0.05) is 18.7 Å². The number of carbonyl (C=O) groups is 2. The van der Waals surface area contributed by atoms with Crippen molar-refractivity contribution in [3.05, 3.63) is 84.5 Å². The van der Waals surface area contributed by atoms with Crippen LogP contribution in [-0.4, -0.2) is 61.9 Å². The van der Waals surface area contributed by atoms with Gasteiger partial charge in [-0.25, -0.2) is 9.79 Å². The number of methoxy groups -OCH3 is 2. The lowest BCUT2D eigenvalue weighted by molar-refractivity contribution is -0.139. The van der Waals surface area contributed by atoms with Crippen molar-refractivity contribution < 1.29 is 28.5 Å². The van der Waals surface area contributed by atoms with E-state index in [0.29, 0.717) is 37.8 Å². The summed E-state index contributed by atoms with van der Waals surface area (Å²) in [6, 6.07) is 11.6. The number of hydrogen-bond acceptors (Lipinski definition) is 9. The van der Waals surface area contributed by atoms with E-state index in [1.165, 1.54) is 23.0 Å². The number of nitrogens with zero attached hydrogens (tertiary/aromatic N) is 3. The standard InChI is InChI=1S/C31H33N3O7S/c1-5-40-30(37)27-19(2)32-31-34(28(27)23-17-22(38-3)12-13-24(23)39-4)29(36)25(42-31)16-20-8-10-21(11-9-20)41-18-26(35)33-14-6-7-15-33/h8-13,16-17,28H,5-7,14-15,18H2,1-4H3/b25-16+/t28-/m1/s1. The van der Waals surface area contributed by atoms with E-state index in [1.54, 1.807) is 57.4 Å². The molecule has 0 unspecified atom stereocenters. The van der Waals surface area contributed by atoms with Crippen molar-refractivity contribution in [1.29, 1.82) is 0 Å². The van der Waals surface area contributed by atoms with Crippen LogP contribution in [0.1, 0.15) is 43.9 Å². The SMILES string of the molecule is CCOC(=O)C1=C(C)N=c2s/c(=C/c3ccc(OCC(=O)N4CCCC4)cc3)c(=O)n2[C@@H]1c1cc(OC)ccc1OC. The summed E-state index contributed by atoms with van der Waals surface area (Å²) in [5.41, 5.74) is 1.76.